The fraction of sp³-hybridized carbons (Fsp3) is 0.333. The number of benzene rings is 2. The molecular weight excluding hydrogens is 346 g/mol. The maximum Gasteiger partial charge on any atom is 0.339 e. The maximum atomic E-state index is 12.4. The lowest BCUT2D eigenvalue weighted by molar-refractivity contribution is -0.123. The fourth-order valence-corrected chi connectivity index (χ4v) is 2.59. The van der Waals surface area contributed by atoms with Crippen molar-refractivity contribution in [2.75, 3.05) is 19.0 Å². The second-order valence-electron chi connectivity index (χ2n) is 6.10. The van der Waals surface area contributed by atoms with Crippen LogP contribution in [-0.4, -0.2) is 31.7 Å². The quantitative estimate of drug-likeness (QED) is 0.748. The summed E-state index contributed by atoms with van der Waals surface area (Å²) >= 11 is 0. The van der Waals surface area contributed by atoms with Crippen molar-refractivity contribution in [3.05, 3.63) is 53.1 Å². The molecule has 0 fully saturated rings. The highest BCUT2D eigenvalue weighted by atomic mass is 16.5. The number of methoxy groups -OCH3 is 1. The summed E-state index contributed by atoms with van der Waals surface area (Å²) in [7, 11) is 1.49. The normalized spacial score (nSPS) is 11.4. The molecule has 2 aromatic rings. The number of carbonyl (C=O) groups excluding carboxylic acids is 2. The molecule has 0 radical (unpaired) electrons. The molecule has 0 aromatic heterocycles. The van der Waals surface area contributed by atoms with Crippen LogP contribution >= 0.6 is 0 Å². The van der Waals surface area contributed by atoms with Crippen LogP contribution in [0.5, 0.6) is 11.5 Å². The zero-order valence-corrected chi connectivity index (χ0v) is 16.3. The van der Waals surface area contributed by atoms with Gasteiger partial charge in [0.2, 0.25) is 0 Å². The van der Waals surface area contributed by atoms with E-state index in [2.05, 4.69) is 5.32 Å². The summed E-state index contributed by atoms with van der Waals surface area (Å²) in [4.78, 5) is 24.8. The number of anilines is 1. The molecule has 6 nitrogen and oxygen atoms in total. The molecule has 0 aliphatic rings. The lowest BCUT2D eigenvalue weighted by Crippen LogP contribution is -2.30. The van der Waals surface area contributed by atoms with Gasteiger partial charge >= 0.3 is 5.97 Å². The first-order chi connectivity index (χ1) is 12.9. The second kappa shape index (κ2) is 9.07. The van der Waals surface area contributed by atoms with Gasteiger partial charge in [-0.3, -0.25) is 4.79 Å². The van der Waals surface area contributed by atoms with Gasteiger partial charge in [0, 0.05) is 5.69 Å². The van der Waals surface area contributed by atoms with Crippen LogP contribution in [0.1, 0.15) is 35.3 Å². The third-order valence-electron chi connectivity index (χ3n) is 4.08. The van der Waals surface area contributed by atoms with E-state index in [-0.39, 0.29) is 5.56 Å². The van der Waals surface area contributed by atoms with E-state index >= 15 is 0 Å². The van der Waals surface area contributed by atoms with E-state index in [9.17, 15) is 9.59 Å². The molecule has 0 aliphatic heterocycles. The van der Waals surface area contributed by atoms with Crippen molar-refractivity contribution >= 4 is 17.6 Å². The Balaban J connectivity index is 2.07. The summed E-state index contributed by atoms with van der Waals surface area (Å²) in [6, 6.07) is 10.5. The van der Waals surface area contributed by atoms with Gasteiger partial charge in [-0.15, -0.1) is 0 Å². The van der Waals surface area contributed by atoms with Gasteiger partial charge in [0.05, 0.1) is 19.3 Å². The van der Waals surface area contributed by atoms with Crippen LogP contribution in [0.2, 0.25) is 0 Å². The highest BCUT2D eigenvalue weighted by Gasteiger charge is 2.21. The van der Waals surface area contributed by atoms with Gasteiger partial charge in [0.1, 0.15) is 0 Å². The van der Waals surface area contributed by atoms with Crippen molar-refractivity contribution in [2.45, 2.75) is 33.8 Å². The molecule has 0 saturated heterocycles. The average molecular weight is 371 g/mol. The molecule has 2 aromatic carbocycles. The summed E-state index contributed by atoms with van der Waals surface area (Å²) in [6.45, 7) is 7.69. The first-order valence-corrected chi connectivity index (χ1v) is 8.76. The van der Waals surface area contributed by atoms with Gasteiger partial charge < -0.3 is 19.5 Å². The van der Waals surface area contributed by atoms with Crippen molar-refractivity contribution in [1.29, 1.82) is 0 Å². The molecule has 0 saturated carbocycles. The third kappa shape index (κ3) is 5.00. The SMILES string of the molecule is CCOc1ccc(C(=O)O[C@H](C)C(=O)Nc2c(C)cccc2C)cc1OC. The minimum absolute atomic E-state index is 0.280. The van der Waals surface area contributed by atoms with E-state index in [1.165, 1.54) is 20.1 Å². The number of para-hydroxylation sites is 1. The van der Waals surface area contributed by atoms with E-state index in [0.29, 0.717) is 18.1 Å². The number of hydrogen-bond donors (Lipinski definition) is 1. The van der Waals surface area contributed by atoms with E-state index in [1.807, 2.05) is 39.0 Å². The molecule has 0 unspecified atom stereocenters. The van der Waals surface area contributed by atoms with Crippen LogP contribution < -0.4 is 14.8 Å². The monoisotopic (exact) mass is 371 g/mol. The Morgan fingerprint density at radius 3 is 2.33 bits per heavy atom. The number of amides is 1. The molecule has 6 heteroatoms. The van der Waals surface area contributed by atoms with Crippen molar-refractivity contribution in [2.24, 2.45) is 0 Å². The zero-order valence-electron chi connectivity index (χ0n) is 16.3. The number of ether oxygens (including phenoxy) is 3. The lowest BCUT2D eigenvalue weighted by atomic mass is 10.1. The fourth-order valence-electron chi connectivity index (χ4n) is 2.59. The van der Waals surface area contributed by atoms with Crippen LogP contribution in [0, 0.1) is 13.8 Å². The number of esters is 1. The predicted octanol–water partition coefficient (Wildman–Crippen LogP) is 3.89. The van der Waals surface area contributed by atoms with Crippen LogP contribution in [0.25, 0.3) is 0 Å². The van der Waals surface area contributed by atoms with E-state index in [0.717, 1.165) is 16.8 Å². The average Bonchev–Trinajstić information content (AvgIpc) is 2.65. The van der Waals surface area contributed by atoms with Gasteiger partial charge in [-0.1, -0.05) is 18.2 Å². The Hall–Kier alpha value is -3.02. The molecule has 1 N–H and O–H groups in total. The Morgan fingerprint density at radius 1 is 1.07 bits per heavy atom. The Kier molecular flexibility index (Phi) is 6.82. The minimum Gasteiger partial charge on any atom is -0.493 e. The standard InChI is InChI=1S/C21H25NO5/c1-6-26-17-11-10-16(12-18(17)25-5)21(24)27-15(4)20(23)22-19-13(2)8-7-9-14(19)3/h7-12,15H,6H2,1-5H3,(H,22,23)/t15-/m1/s1. The van der Waals surface area contributed by atoms with Crippen LogP contribution in [0.3, 0.4) is 0 Å². The van der Waals surface area contributed by atoms with Gasteiger partial charge in [-0.05, 0) is 57.0 Å². The van der Waals surface area contributed by atoms with Crippen LogP contribution in [0.4, 0.5) is 5.69 Å². The van der Waals surface area contributed by atoms with E-state index in [4.69, 9.17) is 14.2 Å². The number of hydrogen-bond acceptors (Lipinski definition) is 5. The van der Waals surface area contributed by atoms with Crippen molar-refractivity contribution in [1.82, 2.24) is 0 Å². The number of rotatable bonds is 7. The largest absolute Gasteiger partial charge is 0.493 e. The van der Waals surface area contributed by atoms with Gasteiger partial charge in [0.15, 0.2) is 17.6 Å². The smallest absolute Gasteiger partial charge is 0.339 e. The molecule has 1 atom stereocenters. The first-order valence-electron chi connectivity index (χ1n) is 8.76. The summed E-state index contributed by atoms with van der Waals surface area (Å²) in [6.07, 6.45) is -0.950. The summed E-state index contributed by atoms with van der Waals surface area (Å²) in [5.41, 5.74) is 2.89. The third-order valence-corrected chi connectivity index (χ3v) is 4.08. The molecule has 0 bridgehead atoms. The summed E-state index contributed by atoms with van der Waals surface area (Å²) in [5, 5.41) is 2.82. The Morgan fingerprint density at radius 2 is 1.74 bits per heavy atom. The molecule has 144 valence electrons. The lowest BCUT2D eigenvalue weighted by Gasteiger charge is -2.16. The zero-order chi connectivity index (χ0) is 20.0. The van der Waals surface area contributed by atoms with Gasteiger partial charge in [0.25, 0.3) is 5.91 Å². The van der Waals surface area contributed by atoms with Crippen molar-refractivity contribution < 1.29 is 23.8 Å². The molecule has 2 rings (SSSR count). The van der Waals surface area contributed by atoms with E-state index in [1.54, 1.807) is 12.1 Å². The van der Waals surface area contributed by atoms with Crippen molar-refractivity contribution in [3.63, 3.8) is 0 Å². The van der Waals surface area contributed by atoms with Crippen LogP contribution in [-0.2, 0) is 9.53 Å². The number of aryl methyl sites for hydroxylation is 2. The number of nitrogens with one attached hydrogen (secondary N) is 1. The topological polar surface area (TPSA) is 73.9 Å². The molecule has 0 aliphatic carbocycles. The Labute approximate surface area is 159 Å². The predicted molar refractivity (Wildman–Crippen MR) is 104 cm³/mol. The molecule has 1 amide bonds. The molecule has 0 spiro atoms. The van der Waals surface area contributed by atoms with E-state index < -0.39 is 18.0 Å². The number of carbonyl (C=O) groups is 2. The van der Waals surface area contributed by atoms with Crippen molar-refractivity contribution in [3.8, 4) is 11.5 Å². The summed E-state index contributed by atoms with van der Waals surface area (Å²) < 4.78 is 16.0. The highest BCUT2D eigenvalue weighted by molar-refractivity contribution is 5.98. The maximum absolute atomic E-state index is 12.4. The summed E-state index contributed by atoms with van der Waals surface area (Å²) in [5.74, 6) is -0.0320. The minimum atomic E-state index is -0.950. The molecule has 0 heterocycles. The van der Waals surface area contributed by atoms with Gasteiger partial charge in [-0.25, -0.2) is 4.79 Å². The Bertz CT molecular complexity index is 811. The molecule has 27 heavy (non-hydrogen) atoms. The highest BCUT2D eigenvalue weighted by Crippen LogP contribution is 2.28. The van der Waals surface area contributed by atoms with Gasteiger partial charge in [-0.2, -0.15) is 0 Å². The van der Waals surface area contributed by atoms with Crippen LogP contribution in [0.15, 0.2) is 36.4 Å². The second-order valence-corrected chi connectivity index (χ2v) is 6.10. The molecular formula is C21H25NO5. The first kappa shape index (κ1) is 20.3.